The van der Waals surface area contributed by atoms with E-state index in [1.54, 1.807) is 18.2 Å². The minimum atomic E-state index is -0.557. The molecule has 0 aliphatic carbocycles. The van der Waals surface area contributed by atoms with Crippen LogP contribution >= 0.6 is 23.2 Å². The molecule has 3 rings (SSSR count). The Balaban J connectivity index is 1.62. The summed E-state index contributed by atoms with van der Waals surface area (Å²) in [6.45, 7) is 0.0102. The molecule has 12 heteroatoms. The molecule has 0 aliphatic rings. The predicted octanol–water partition coefficient (Wildman–Crippen LogP) is 5.08. The van der Waals surface area contributed by atoms with Crippen LogP contribution in [0.15, 0.2) is 65.8 Å². The average molecular weight is 503 g/mol. The van der Waals surface area contributed by atoms with Crippen LogP contribution in [0.5, 0.6) is 5.75 Å². The lowest BCUT2D eigenvalue weighted by molar-refractivity contribution is -0.385. The van der Waals surface area contributed by atoms with Crippen molar-refractivity contribution in [2.45, 2.75) is 13.0 Å². The van der Waals surface area contributed by atoms with Gasteiger partial charge in [-0.05, 0) is 23.3 Å². The molecule has 0 atom stereocenters. The first-order chi connectivity index (χ1) is 16.2. The van der Waals surface area contributed by atoms with Crippen LogP contribution < -0.4 is 10.2 Å². The predicted molar refractivity (Wildman–Crippen MR) is 126 cm³/mol. The molecule has 0 radical (unpaired) electrons. The maximum absolute atomic E-state index is 12.1. The van der Waals surface area contributed by atoms with Gasteiger partial charge < -0.3 is 4.74 Å². The molecule has 3 aromatic rings. The average Bonchev–Trinajstić information content (AvgIpc) is 2.79. The van der Waals surface area contributed by atoms with E-state index in [2.05, 4.69) is 10.5 Å². The lowest BCUT2D eigenvalue weighted by Crippen LogP contribution is -2.20. The van der Waals surface area contributed by atoms with E-state index in [1.807, 2.05) is 0 Å². The number of rotatable bonds is 9. The van der Waals surface area contributed by atoms with Crippen molar-refractivity contribution >= 4 is 46.7 Å². The highest BCUT2D eigenvalue weighted by Crippen LogP contribution is 2.34. The monoisotopic (exact) mass is 502 g/mol. The molecule has 0 saturated heterocycles. The Morgan fingerprint density at radius 2 is 1.71 bits per heavy atom. The fourth-order valence-electron chi connectivity index (χ4n) is 2.94. The minimum Gasteiger partial charge on any atom is -0.486 e. The fraction of sp³-hybridized carbons (Fsp3) is 0.0909. The van der Waals surface area contributed by atoms with Gasteiger partial charge in [0.25, 0.3) is 11.4 Å². The topological polar surface area (TPSA) is 137 Å². The highest BCUT2D eigenvalue weighted by atomic mass is 35.5. The maximum Gasteiger partial charge on any atom is 0.273 e. The molecule has 10 nitrogen and oxygen atoms in total. The van der Waals surface area contributed by atoms with Crippen LogP contribution in [0, 0.1) is 20.2 Å². The second-order valence-corrected chi connectivity index (χ2v) is 7.70. The number of halogens is 2. The number of nitro groups is 2. The van der Waals surface area contributed by atoms with Crippen LogP contribution in [0.3, 0.4) is 0 Å². The number of benzene rings is 3. The maximum atomic E-state index is 12.1. The number of carbonyl (C=O) groups excluding carboxylic acids is 1. The molecule has 174 valence electrons. The zero-order valence-electron chi connectivity index (χ0n) is 17.3. The lowest BCUT2D eigenvalue weighted by Gasteiger charge is -2.11. The van der Waals surface area contributed by atoms with Gasteiger partial charge >= 0.3 is 0 Å². The molecule has 34 heavy (non-hydrogen) atoms. The van der Waals surface area contributed by atoms with Crippen molar-refractivity contribution in [3.05, 3.63) is 108 Å². The third kappa shape index (κ3) is 6.50. The lowest BCUT2D eigenvalue weighted by atomic mass is 10.1. The van der Waals surface area contributed by atoms with Crippen LogP contribution in [0.4, 0.5) is 11.4 Å². The van der Waals surface area contributed by atoms with E-state index in [0.717, 1.165) is 0 Å². The first-order valence-corrected chi connectivity index (χ1v) is 10.4. The molecule has 0 aromatic heterocycles. The number of hydrazone groups is 1. The fourth-order valence-corrected chi connectivity index (χ4v) is 3.55. The van der Waals surface area contributed by atoms with Crippen LogP contribution in [0.1, 0.15) is 16.7 Å². The number of nitrogens with zero attached hydrogens (tertiary/aromatic N) is 3. The molecule has 0 aliphatic heterocycles. The van der Waals surface area contributed by atoms with Gasteiger partial charge in [-0.25, -0.2) is 5.43 Å². The summed E-state index contributed by atoms with van der Waals surface area (Å²) in [6, 6.07) is 14.9. The normalized spacial score (nSPS) is 10.8. The summed E-state index contributed by atoms with van der Waals surface area (Å²) < 4.78 is 5.63. The Hall–Kier alpha value is -4.02. The molecule has 1 amide bonds. The van der Waals surface area contributed by atoms with Crippen molar-refractivity contribution in [2.24, 2.45) is 5.10 Å². The summed E-state index contributed by atoms with van der Waals surface area (Å²) in [5.74, 6) is -0.355. The first kappa shape index (κ1) is 24.6. The summed E-state index contributed by atoms with van der Waals surface area (Å²) in [5.41, 5.74) is 3.37. The molecular formula is C22H16Cl2N4O6. The minimum absolute atomic E-state index is 0.0102. The smallest absolute Gasteiger partial charge is 0.273 e. The van der Waals surface area contributed by atoms with Crippen molar-refractivity contribution < 1.29 is 19.4 Å². The number of non-ortho nitro benzene ring substituents is 1. The van der Waals surface area contributed by atoms with Gasteiger partial charge in [0.1, 0.15) is 6.61 Å². The van der Waals surface area contributed by atoms with Gasteiger partial charge in [0.05, 0.1) is 32.5 Å². The van der Waals surface area contributed by atoms with E-state index in [9.17, 15) is 25.0 Å². The molecule has 3 aromatic carbocycles. The molecule has 0 fully saturated rings. The molecule has 0 unspecified atom stereocenters. The molecular weight excluding hydrogens is 487 g/mol. The van der Waals surface area contributed by atoms with Crippen molar-refractivity contribution in [1.82, 2.24) is 5.43 Å². The number of para-hydroxylation sites is 1. The number of hydrogen-bond acceptors (Lipinski definition) is 7. The quantitative estimate of drug-likeness (QED) is 0.246. The van der Waals surface area contributed by atoms with Crippen LogP contribution in [0.25, 0.3) is 0 Å². The Labute approximate surface area is 203 Å². The molecule has 0 heterocycles. The Morgan fingerprint density at radius 3 is 2.38 bits per heavy atom. The van der Waals surface area contributed by atoms with Crippen molar-refractivity contribution in [2.75, 3.05) is 0 Å². The third-order valence-corrected chi connectivity index (χ3v) is 5.03. The van der Waals surface area contributed by atoms with Crippen LogP contribution in [-0.4, -0.2) is 22.0 Å². The second kappa shape index (κ2) is 11.2. The molecule has 1 N–H and O–H groups in total. The van der Waals surface area contributed by atoms with Crippen molar-refractivity contribution in [3.63, 3.8) is 0 Å². The molecule has 0 spiro atoms. The summed E-state index contributed by atoms with van der Waals surface area (Å²) in [6.07, 6.45) is 1.08. The van der Waals surface area contributed by atoms with Crippen LogP contribution in [-0.2, 0) is 17.8 Å². The Morgan fingerprint density at radius 1 is 1.00 bits per heavy atom. The summed E-state index contributed by atoms with van der Waals surface area (Å²) in [7, 11) is 0. The Bertz CT molecular complexity index is 1260. The zero-order valence-corrected chi connectivity index (χ0v) is 18.8. The van der Waals surface area contributed by atoms with Crippen molar-refractivity contribution in [1.29, 1.82) is 0 Å². The van der Waals surface area contributed by atoms with Gasteiger partial charge in [-0.1, -0.05) is 53.5 Å². The van der Waals surface area contributed by atoms with Gasteiger partial charge in [-0.2, -0.15) is 5.10 Å². The summed E-state index contributed by atoms with van der Waals surface area (Å²) >= 11 is 12.5. The van der Waals surface area contributed by atoms with E-state index in [4.69, 9.17) is 27.9 Å². The number of amides is 1. The Kier molecular flexibility index (Phi) is 8.12. The van der Waals surface area contributed by atoms with E-state index in [-0.39, 0.29) is 45.8 Å². The number of hydrogen-bond donors (Lipinski definition) is 1. The SMILES string of the molecule is O=C(Cc1ccccc1[N+](=O)[O-])N/N=C/c1cc(Cl)c(OCc2cccc([N+](=O)[O-])c2)c(Cl)c1. The first-order valence-electron chi connectivity index (χ1n) is 9.64. The van der Waals surface area contributed by atoms with E-state index in [0.29, 0.717) is 11.1 Å². The summed E-state index contributed by atoms with van der Waals surface area (Å²) in [5, 5.41) is 26.1. The molecule has 0 saturated carbocycles. The van der Waals surface area contributed by atoms with Crippen molar-refractivity contribution in [3.8, 4) is 5.75 Å². The standard InChI is InChI=1S/C22H16Cl2N4O6/c23-18-9-15(12-25-26-21(29)11-16-5-1-2-7-20(16)28(32)33)10-19(24)22(18)34-13-14-4-3-6-17(8-14)27(30)31/h1-10,12H,11,13H2,(H,26,29)/b25-12+. The van der Waals surface area contributed by atoms with Gasteiger partial charge in [-0.3, -0.25) is 25.0 Å². The number of nitro benzene ring substituents is 2. The largest absolute Gasteiger partial charge is 0.486 e. The van der Waals surface area contributed by atoms with Gasteiger partial charge in [0.2, 0.25) is 5.91 Å². The van der Waals surface area contributed by atoms with Gasteiger partial charge in [0, 0.05) is 23.8 Å². The van der Waals surface area contributed by atoms with Gasteiger partial charge in [0.15, 0.2) is 5.75 Å². The van der Waals surface area contributed by atoms with E-state index in [1.165, 1.54) is 48.7 Å². The highest BCUT2D eigenvalue weighted by molar-refractivity contribution is 6.37. The third-order valence-electron chi connectivity index (χ3n) is 4.47. The summed E-state index contributed by atoms with van der Waals surface area (Å²) in [4.78, 5) is 33.0. The second-order valence-electron chi connectivity index (χ2n) is 6.89. The van der Waals surface area contributed by atoms with E-state index >= 15 is 0 Å². The number of carbonyl (C=O) groups is 1. The van der Waals surface area contributed by atoms with E-state index < -0.39 is 15.8 Å². The highest BCUT2D eigenvalue weighted by Gasteiger charge is 2.15. The van der Waals surface area contributed by atoms with Gasteiger partial charge in [-0.15, -0.1) is 0 Å². The number of ether oxygens (including phenoxy) is 1. The zero-order chi connectivity index (χ0) is 24.7. The molecule has 0 bridgehead atoms. The number of nitrogens with one attached hydrogen (secondary N) is 1. The van der Waals surface area contributed by atoms with Crippen LogP contribution in [0.2, 0.25) is 10.0 Å².